The highest BCUT2D eigenvalue weighted by molar-refractivity contribution is 7.91. The van der Waals surface area contributed by atoms with Crippen LogP contribution in [0.15, 0.2) is 29.2 Å². The number of carbonyl (C=O) groups excluding carboxylic acids is 1. The van der Waals surface area contributed by atoms with E-state index in [0.717, 1.165) is 5.56 Å². The molecular formula is C11H16N2O3S. The molecule has 1 amide bonds. The summed E-state index contributed by atoms with van der Waals surface area (Å²) in [7, 11) is -3.17. The summed E-state index contributed by atoms with van der Waals surface area (Å²) in [6.07, 6.45) is 0.579. The van der Waals surface area contributed by atoms with Gasteiger partial charge >= 0.3 is 0 Å². The van der Waals surface area contributed by atoms with E-state index in [-0.39, 0.29) is 11.8 Å². The number of carbonyl (C=O) groups is 1. The summed E-state index contributed by atoms with van der Waals surface area (Å²) in [6, 6.07) is 6.07. The van der Waals surface area contributed by atoms with Gasteiger partial charge in [0.25, 0.3) is 0 Å². The Morgan fingerprint density at radius 3 is 2.41 bits per heavy atom. The minimum Gasteiger partial charge on any atom is -0.357 e. The lowest BCUT2D eigenvalue weighted by Crippen LogP contribution is -2.25. The molecule has 0 fully saturated rings. The second-order valence-corrected chi connectivity index (χ2v) is 5.88. The first-order chi connectivity index (χ1) is 8.01. The Kier molecular flexibility index (Phi) is 4.65. The molecule has 0 bridgehead atoms. The van der Waals surface area contributed by atoms with Crippen molar-refractivity contribution >= 4 is 16.2 Å². The van der Waals surface area contributed by atoms with Gasteiger partial charge in [0, 0.05) is 12.6 Å². The molecule has 5 nitrogen and oxygen atoms in total. The summed E-state index contributed by atoms with van der Waals surface area (Å²) in [6.45, 7) is 1.92. The molecular weight excluding hydrogens is 240 g/mol. The molecule has 0 heterocycles. The zero-order chi connectivity index (χ0) is 12.9. The molecule has 0 unspecified atom stereocenters. The lowest BCUT2D eigenvalue weighted by Gasteiger charge is -2.11. The van der Waals surface area contributed by atoms with Crippen molar-refractivity contribution in [3.63, 3.8) is 0 Å². The molecule has 1 rings (SSSR count). The van der Waals surface area contributed by atoms with Crippen LogP contribution in [-0.4, -0.2) is 27.1 Å². The van der Waals surface area contributed by atoms with Crippen molar-refractivity contribution in [2.24, 2.45) is 5.73 Å². The van der Waals surface area contributed by atoms with Crippen LogP contribution in [0, 0.1) is 0 Å². The highest BCUT2D eigenvalue weighted by Gasteiger charge is 2.12. The van der Waals surface area contributed by atoms with Crippen LogP contribution >= 0.6 is 0 Å². The molecule has 3 N–H and O–H groups in total. The molecule has 0 aromatic heterocycles. The van der Waals surface area contributed by atoms with Crippen molar-refractivity contribution in [3.05, 3.63) is 29.8 Å². The number of hydrogen-bond donors (Lipinski definition) is 2. The Balaban J connectivity index is 2.84. The first kappa shape index (κ1) is 13.7. The van der Waals surface area contributed by atoms with E-state index in [4.69, 9.17) is 5.73 Å². The number of benzene rings is 1. The average Bonchev–Trinajstić information content (AvgIpc) is 2.36. The predicted molar refractivity (Wildman–Crippen MR) is 65.2 cm³/mol. The van der Waals surface area contributed by atoms with E-state index in [0.29, 0.717) is 17.9 Å². The minimum atomic E-state index is -3.17. The van der Waals surface area contributed by atoms with Gasteiger partial charge in [0.1, 0.15) is 0 Å². The van der Waals surface area contributed by atoms with Gasteiger partial charge in [-0.2, -0.15) is 0 Å². The van der Waals surface area contributed by atoms with Crippen molar-refractivity contribution in [2.75, 3.05) is 12.3 Å². The number of nitrogens with one attached hydrogen (secondary N) is 1. The zero-order valence-corrected chi connectivity index (χ0v) is 10.4. The molecule has 0 saturated heterocycles. The van der Waals surface area contributed by atoms with Gasteiger partial charge in [-0.3, -0.25) is 4.79 Å². The van der Waals surface area contributed by atoms with Crippen molar-refractivity contribution in [2.45, 2.75) is 17.9 Å². The maximum atomic E-state index is 11.6. The Bertz CT molecular complexity index is 468. The zero-order valence-electron chi connectivity index (χ0n) is 9.59. The molecule has 6 heteroatoms. The summed E-state index contributed by atoms with van der Waals surface area (Å²) < 4.78 is 23.1. The van der Waals surface area contributed by atoms with Gasteiger partial charge in [0.2, 0.25) is 6.41 Å². The number of hydrogen-bond acceptors (Lipinski definition) is 4. The van der Waals surface area contributed by atoms with E-state index in [9.17, 15) is 13.2 Å². The van der Waals surface area contributed by atoms with Crippen molar-refractivity contribution in [3.8, 4) is 0 Å². The maximum Gasteiger partial charge on any atom is 0.207 e. The van der Waals surface area contributed by atoms with Crippen LogP contribution in [0.4, 0.5) is 0 Å². The second kappa shape index (κ2) is 5.79. The van der Waals surface area contributed by atoms with Crippen LogP contribution in [-0.2, 0) is 14.6 Å². The SMILES string of the molecule is CCS(=O)(=O)c1ccc([C@@H](N)CNC=O)cc1. The minimum absolute atomic E-state index is 0.0745. The molecule has 0 saturated carbocycles. The normalized spacial score (nSPS) is 13.1. The Labute approximate surface area is 101 Å². The summed E-state index contributed by atoms with van der Waals surface area (Å²) in [5.41, 5.74) is 6.59. The highest BCUT2D eigenvalue weighted by atomic mass is 32.2. The van der Waals surface area contributed by atoms with Crippen LogP contribution in [0.2, 0.25) is 0 Å². The predicted octanol–water partition coefficient (Wildman–Crippen LogP) is 0.226. The fourth-order valence-electron chi connectivity index (χ4n) is 1.38. The first-order valence-electron chi connectivity index (χ1n) is 5.26. The van der Waals surface area contributed by atoms with Crippen molar-refractivity contribution in [1.82, 2.24) is 5.32 Å². The molecule has 0 radical (unpaired) electrons. The van der Waals surface area contributed by atoms with Crippen LogP contribution in [0.5, 0.6) is 0 Å². The fraction of sp³-hybridized carbons (Fsp3) is 0.364. The topological polar surface area (TPSA) is 89.3 Å². The van der Waals surface area contributed by atoms with Gasteiger partial charge < -0.3 is 11.1 Å². The van der Waals surface area contributed by atoms with Gasteiger partial charge in [-0.25, -0.2) is 8.42 Å². The van der Waals surface area contributed by atoms with Gasteiger partial charge in [-0.15, -0.1) is 0 Å². The van der Waals surface area contributed by atoms with Crippen molar-refractivity contribution < 1.29 is 13.2 Å². The number of amides is 1. The monoisotopic (exact) mass is 256 g/mol. The largest absolute Gasteiger partial charge is 0.357 e. The van der Waals surface area contributed by atoms with E-state index in [1.807, 2.05) is 0 Å². The molecule has 1 aromatic rings. The molecule has 0 spiro atoms. The van der Waals surface area contributed by atoms with E-state index in [2.05, 4.69) is 5.32 Å². The van der Waals surface area contributed by atoms with Crippen LogP contribution in [0.25, 0.3) is 0 Å². The lowest BCUT2D eigenvalue weighted by molar-refractivity contribution is -0.109. The Morgan fingerprint density at radius 2 is 1.94 bits per heavy atom. The number of rotatable bonds is 6. The second-order valence-electron chi connectivity index (χ2n) is 3.61. The van der Waals surface area contributed by atoms with Crippen molar-refractivity contribution in [1.29, 1.82) is 0 Å². The van der Waals surface area contributed by atoms with Crippen LogP contribution in [0.1, 0.15) is 18.5 Å². The third-order valence-electron chi connectivity index (χ3n) is 2.47. The van der Waals surface area contributed by atoms with E-state index in [1.54, 1.807) is 19.1 Å². The molecule has 94 valence electrons. The molecule has 0 aliphatic carbocycles. The number of nitrogens with two attached hydrogens (primary N) is 1. The van der Waals surface area contributed by atoms with E-state index in [1.165, 1.54) is 12.1 Å². The maximum absolute atomic E-state index is 11.6. The summed E-state index contributed by atoms with van der Waals surface area (Å²) in [4.78, 5) is 10.4. The van der Waals surface area contributed by atoms with E-state index < -0.39 is 9.84 Å². The smallest absolute Gasteiger partial charge is 0.207 e. The van der Waals surface area contributed by atoms with Crippen LogP contribution < -0.4 is 11.1 Å². The third kappa shape index (κ3) is 3.54. The summed E-state index contributed by atoms with van der Waals surface area (Å²) in [5.74, 6) is 0.0745. The molecule has 17 heavy (non-hydrogen) atoms. The molecule has 1 aromatic carbocycles. The Morgan fingerprint density at radius 1 is 1.35 bits per heavy atom. The van der Waals surface area contributed by atoms with Crippen LogP contribution in [0.3, 0.4) is 0 Å². The molecule has 0 aliphatic heterocycles. The quantitative estimate of drug-likeness (QED) is 0.713. The lowest BCUT2D eigenvalue weighted by atomic mass is 10.1. The standard InChI is InChI=1S/C11H16N2O3S/c1-2-17(15,16)10-5-3-9(4-6-10)11(12)7-13-8-14/h3-6,8,11H,2,7,12H2,1H3,(H,13,14)/t11-/m0/s1. The van der Waals surface area contributed by atoms with Gasteiger partial charge in [0.15, 0.2) is 9.84 Å². The summed E-state index contributed by atoms with van der Waals surface area (Å²) >= 11 is 0. The number of sulfone groups is 1. The molecule has 0 aliphatic rings. The van der Waals surface area contributed by atoms with Gasteiger partial charge in [0.05, 0.1) is 10.6 Å². The summed E-state index contributed by atoms with van der Waals surface area (Å²) in [5, 5.41) is 2.48. The van der Waals surface area contributed by atoms with Gasteiger partial charge in [-0.05, 0) is 17.7 Å². The molecule has 1 atom stereocenters. The Hall–Kier alpha value is -1.40. The van der Waals surface area contributed by atoms with Gasteiger partial charge in [-0.1, -0.05) is 19.1 Å². The third-order valence-corrected chi connectivity index (χ3v) is 4.22. The first-order valence-corrected chi connectivity index (χ1v) is 6.92. The average molecular weight is 256 g/mol. The highest BCUT2D eigenvalue weighted by Crippen LogP contribution is 2.15. The van der Waals surface area contributed by atoms with E-state index >= 15 is 0 Å². The fourth-order valence-corrected chi connectivity index (χ4v) is 2.27.